The molecule has 0 atom stereocenters. The van der Waals surface area contributed by atoms with Gasteiger partial charge in [-0.15, -0.1) is 0 Å². The van der Waals surface area contributed by atoms with Crippen LogP contribution in [0.4, 0.5) is 22.0 Å². The first kappa shape index (κ1) is 20.9. The minimum atomic E-state index is -0.534. The van der Waals surface area contributed by atoms with E-state index in [1.807, 2.05) is 12.1 Å². The number of hydrogen-bond donors (Lipinski definition) is 2. The molecule has 2 rings (SSSR count). The molecule has 9 nitrogen and oxygen atoms in total. The maximum atomic E-state index is 11.6. The number of aromatic nitrogens is 1. The van der Waals surface area contributed by atoms with Crippen LogP contribution in [0.3, 0.4) is 0 Å². The van der Waals surface area contributed by atoms with E-state index in [2.05, 4.69) is 15.6 Å². The molecule has 0 aliphatic heterocycles. The number of nitro groups is 1. The van der Waals surface area contributed by atoms with E-state index in [0.717, 1.165) is 5.56 Å². The first-order valence-electron chi connectivity index (χ1n) is 8.70. The normalized spacial score (nSPS) is 10.9. The van der Waals surface area contributed by atoms with Crippen molar-refractivity contribution < 1.29 is 19.2 Å². The van der Waals surface area contributed by atoms with E-state index in [-0.39, 0.29) is 17.4 Å². The highest BCUT2D eigenvalue weighted by Gasteiger charge is 2.17. The first-order valence-corrected chi connectivity index (χ1v) is 8.70. The molecule has 2 N–H and O–H groups in total. The van der Waals surface area contributed by atoms with Crippen molar-refractivity contribution in [2.45, 2.75) is 32.8 Å². The van der Waals surface area contributed by atoms with E-state index in [9.17, 15) is 14.9 Å². The molecular formula is C19H24N4O5. The van der Waals surface area contributed by atoms with Crippen LogP contribution in [-0.4, -0.2) is 35.3 Å². The molecule has 1 amide bonds. The molecular weight excluding hydrogens is 364 g/mol. The second-order valence-corrected chi connectivity index (χ2v) is 6.98. The van der Waals surface area contributed by atoms with Crippen LogP contribution in [0.2, 0.25) is 0 Å². The molecule has 2 aromatic rings. The van der Waals surface area contributed by atoms with Crippen LogP contribution in [-0.2, 0) is 11.2 Å². The minimum absolute atomic E-state index is 0.101. The van der Waals surface area contributed by atoms with Crippen molar-refractivity contribution in [2.24, 2.45) is 0 Å². The smallest absolute Gasteiger partial charge is 0.407 e. The Balaban J connectivity index is 1.96. The fraction of sp³-hybridized carbons (Fsp3) is 0.368. The Morgan fingerprint density at radius 2 is 1.86 bits per heavy atom. The summed E-state index contributed by atoms with van der Waals surface area (Å²) in [5, 5.41) is 16.8. The third-order valence-electron chi connectivity index (χ3n) is 3.55. The third kappa shape index (κ3) is 6.42. The maximum absolute atomic E-state index is 11.6. The van der Waals surface area contributed by atoms with Gasteiger partial charge in [0.05, 0.1) is 12.0 Å². The lowest BCUT2D eigenvalue weighted by Crippen LogP contribution is -2.33. The summed E-state index contributed by atoms with van der Waals surface area (Å²) in [6.07, 6.45) is 0.166. The van der Waals surface area contributed by atoms with Crippen LogP contribution in [0, 0.1) is 10.1 Å². The highest BCUT2D eigenvalue weighted by Crippen LogP contribution is 2.28. The maximum Gasteiger partial charge on any atom is 0.407 e. The van der Waals surface area contributed by atoms with Crippen LogP contribution in [0.1, 0.15) is 26.3 Å². The topological polar surface area (TPSA) is 116 Å². The zero-order valence-electron chi connectivity index (χ0n) is 16.3. The standard InChI is InChI=1S/C19H24N4O5/c1-19(2,3)28-18(24)20-12-11-13-5-7-14(8-6-13)21-17-15(23(25)26)9-10-16(22-17)27-4/h5-10H,11-12H2,1-4H3,(H,20,24)(H,21,22). The van der Waals surface area contributed by atoms with Gasteiger partial charge in [-0.05, 0) is 44.9 Å². The van der Waals surface area contributed by atoms with E-state index in [1.54, 1.807) is 32.9 Å². The van der Waals surface area contributed by atoms with E-state index in [4.69, 9.17) is 9.47 Å². The molecule has 28 heavy (non-hydrogen) atoms. The van der Waals surface area contributed by atoms with Gasteiger partial charge in [-0.1, -0.05) is 12.1 Å². The van der Waals surface area contributed by atoms with Gasteiger partial charge in [-0.2, -0.15) is 4.98 Å². The Kier molecular flexibility index (Phi) is 6.75. The minimum Gasteiger partial charge on any atom is -0.481 e. The van der Waals surface area contributed by atoms with Gasteiger partial charge in [0.25, 0.3) is 0 Å². The molecule has 1 aromatic carbocycles. The van der Waals surface area contributed by atoms with E-state index in [0.29, 0.717) is 18.7 Å². The van der Waals surface area contributed by atoms with E-state index >= 15 is 0 Å². The summed E-state index contributed by atoms with van der Waals surface area (Å²) in [7, 11) is 1.44. The second kappa shape index (κ2) is 9.03. The summed E-state index contributed by atoms with van der Waals surface area (Å²) in [6.45, 7) is 5.85. The number of rotatable bonds is 7. The molecule has 0 aliphatic carbocycles. The second-order valence-electron chi connectivity index (χ2n) is 6.98. The van der Waals surface area contributed by atoms with E-state index < -0.39 is 16.6 Å². The molecule has 0 fully saturated rings. The number of carbonyl (C=O) groups is 1. The van der Waals surface area contributed by atoms with Crippen molar-refractivity contribution in [2.75, 3.05) is 19.0 Å². The summed E-state index contributed by atoms with van der Waals surface area (Å²) >= 11 is 0. The number of nitrogens with one attached hydrogen (secondary N) is 2. The lowest BCUT2D eigenvalue weighted by molar-refractivity contribution is -0.384. The largest absolute Gasteiger partial charge is 0.481 e. The molecule has 0 radical (unpaired) electrons. The molecule has 0 saturated heterocycles. The monoisotopic (exact) mass is 388 g/mol. The van der Waals surface area contributed by atoms with Crippen molar-refractivity contribution >= 4 is 23.3 Å². The van der Waals surface area contributed by atoms with Crippen molar-refractivity contribution in [1.29, 1.82) is 0 Å². The van der Waals surface area contributed by atoms with Crippen LogP contribution < -0.4 is 15.4 Å². The summed E-state index contributed by atoms with van der Waals surface area (Å²) in [5.74, 6) is 0.377. The van der Waals surface area contributed by atoms with Crippen LogP contribution >= 0.6 is 0 Å². The van der Waals surface area contributed by atoms with Crippen molar-refractivity contribution in [3.63, 3.8) is 0 Å². The van der Waals surface area contributed by atoms with Crippen molar-refractivity contribution in [3.8, 4) is 5.88 Å². The van der Waals surface area contributed by atoms with Crippen molar-refractivity contribution in [3.05, 3.63) is 52.1 Å². The zero-order valence-corrected chi connectivity index (χ0v) is 16.3. The van der Waals surface area contributed by atoms with E-state index in [1.165, 1.54) is 19.2 Å². The molecule has 0 unspecified atom stereocenters. The number of alkyl carbamates (subject to hydrolysis) is 1. The molecule has 0 spiro atoms. The highest BCUT2D eigenvalue weighted by molar-refractivity contribution is 5.68. The Morgan fingerprint density at radius 3 is 2.43 bits per heavy atom. The fourth-order valence-electron chi connectivity index (χ4n) is 2.30. The summed E-state index contributed by atoms with van der Waals surface area (Å²) in [5.41, 5.74) is 0.961. The van der Waals surface area contributed by atoms with Crippen LogP contribution in [0.25, 0.3) is 0 Å². The number of nitrogens with zero attached hydrogens (tertiary/aromatic N) is 2. The van der Waals surface area contributed by atoms with Gasteiger partial charge in [0.1, 0.15) is 5.60 Å². The highest BCUT2D eigenvalue weighted by atomic mass is 16.6. The summed E-state index contributed by atoms with van der Waals surface area (Å²) in [6, 6.07) is 10.1. The Labute approximate surface area is 163 Å². The molecule has 9 heteroatoms. The SMILES string of the molecule is COc1ccc([N+](=O)[O-])c(Nc2ccc(CCNC(=O)OC(C)(C)C)cc2)n1. The van der Waals surface area contributed by atoms with Crippen molar-refractivity contribution in [1.82, 2.24) is 10.3 Å². The number of carbonyl (C=O) groups excluding carboxylic acids is 1. The van der Waals surface area contributed by atoms with Gasteiger partial charge in [-0.3, -0.25) is 10.1 Å². The molecule has 0 aliphatic rings. The Bertz CT molecular complexity index is 831. The quantitative estimate of drug-likeness (QED) is 0.547. The number of anilines is 2. The average molecular weight is 388 g/mol. The summed E-state index contributed by atoms with van der Waals surface area (Å²) in [4.78, 5) is 26.4. The molecule has 1 heterocycles. The number of ether oxygens (including phenoxy) is 2. The lowest BCUT2D eigenvalue weighted by atomic mass is 10.1. The van der Waals surface area contributed by atoms with Gasteiger partial charge in [-0.25, -0.2) is 4.79 Å². The zero-order chi connectivity index (χ0) is 20.7. The number of benzene rings is 1. The predicted molar refractivity (Wildman–Crippen MR) is 105 cm³/mol. The fourth-order valence-corrected chi connectivity index (χ4v) is 2.30. The van der Waals surface area contributed by atoms with Crippen LogP contribution in [0.5, 0.6) is 5.88 Å². The molecule has 0 bridgehead atoms. The average Bonchev–Trinajstić information content (AvgIpc) is 2.61. The molecule has 0 saturated carbocycles. The van der Waals surface area contributed by atoms with Crippen LogP contribution in [0.15, 0.2) is 36.4 Å². The number of pyridine rings is 1. The molecule has 1 aromatic heterocycles. The van der Waals surface area contributed by atoms with Gasteiger partial charge >= 0.3 is 11.8 Å². The van der Waals surface area contributed by atoms with Gasteiger partial charge in [0, 0.05) is 24.4 Å². The number of amides is 1. The van der Waals surface area contributed by atoms with Gasteiger partial charge in [0.15, 0.2) is 0 Å². The first-order chi connectivity index (χ1) is 13.2. The third-order valence-corrected chi connectivity index (χ3v) is 3.55. The Morgan fingerprint density at radius 1 is 1.18 bits per heavy atom. The Hall–Kier alpha value is -3.36. The van der Waals surface area contributed by atoms with Gasteiger partial charge < -0.3 is 20.1 Å². The molecule has 150 valence electrons. The lowest BCUT2D eigenvalue weighted by Gasteiger charge is -2.19. The summed E-state index contributed by atoms with van der Waals surface area (Å²) < 4.78 is 10.2. The number of methoxy groups -OCH3 is 1. The van der Waals surface area contributed by atoms with Gasteiger partial charge in [0.2, 0.25) is 11.7 Å². The number of hydrogen-bond acceptors (Lipinski definition) is 7. The predicted octanol–water partition coefficient (Wildman–Crippen LogP) is 3.81.